The zero-order valence-electron chi connectivity index (χ0n) is 52.1. The first kappa shape index (κ1) is 77.0. The second-order valence-corrected chi connectivity index (χ2v) is 23.9. The van der Waals surface area contributed by atoms with E-state index in [-0.39, 0.29) is 18.9 Å². The summed E-state index contributed by atoms with van der Waals surface area (Å²) >= 11 is 0. The van der Waals surface area contributed by atoms with E-state index < -0.39 is 124 Å². The van der Waals surface area contributed by atoms with Crippen LogP contribution in [0.2, 0.25) is 0 Å². The van der Waals surface area contributed by atoms with Crippen molar-refractivity contribution in [1.82, 2.24) is 5.32 Å². The summed E-state index contributed by atoms with van der Waals surface area (Å²) < 4.78 is 34.2. The van der Waals surface area contributed by atoms with Gasteiger partial charge in [-0.25, -0.2) is 0 Å². The van der Waals surface area contributed by atoms with Crippen LogP contribution in [0.4, 0.5) is 0 Å². The fourth-order valence-electron chi connectivity index (χ4n) is 11.1. The van der Waals surface area contributed by atoms with Crippen LogP contribution in [0, 0.1) is 0 Å². The summed E-state index contributed by atoms with van der Waals surface area (Å²) in [6.07, 6.45) is 29.7. The van der Waals surface area contributed by atoms with Crippen LogP contribution in [0.5, 0.6) is 0 Å². The second-order valence-electron chi connectivity index (χ2n) is 23.9. The molecule has 3 rings (SSSR count). The highest BCUT2D eigenvalue weighted by molar-refractivity contribution is 5.76. The number of carbonyl (C=O) groups is 1. The zero-order valence-corrected chi connectivity index (χ0v) is 52.1. The Morgan fingerprint density at radius 1 is 0.412 bits per heavy atom. The van der Waals surface area contributed by atoms with Crippen molar-refractivity contribution in [1.29, 1.82) is 0 Å². The minimum atomic E-state index is -1.98. The van der Waals surface area contributed by atoms with Crippen LogP contribution in [0.1, 0.15) is 232 Å². The molecule has 0 aromatic heterocycles. The number of hydrogen-bond donors (Lipinski definition) is 12. The van der Waals surface area contributed by atoms with E-state index in [0.29, 0.717) is 12.8 Å². The average Bonchev–Trinajstić information content (AvgIpc) is 3.07. The van der Waals surface area contributed by atoms with Gasteiger partial charge in [-0.2, -0.15) is 0 Å². The van der Waals surface area contributed by atoms with E-state index in [1.54, 1.807) is 6.08 Å². The van der Waals surface area contributed by atoms with E-state index >= 15 is 0 Å². The van der Waals surface area contributed by atoms with E-state index in [2.05, 4.69) is 55.6 Å². The Hall–Kier alpha value is -2.25. The Morgan fingerprint density at radius 2 is 0.753 bits per heavy atom. The van der Waals surface area contributed by atoms with Gasteiger partial charge in [0.15, 0.2) is 18.9 Å². The smallest absolute Gasteiger partial charge is 0.220 e. The first-order valence-corrected chi connectivity index (χ1v) is 33.4. The number of carbonyl (C=O) groups excluding carboxylic acids is 1. The topological polar surface area (TPSA) is 307 Å². The van der Waals surface area contributed by atoms with Crippen LogP contribution in [-0.4, -0.2) is 193 Å². The van der Waals surface area contributed by atoms with Crippen LogP contribution in [0.15, 0.2) is 48.6 Å². The van der Waals surface area contributed by atoms with Gasteiger partial charge in [-0.1, -0.05) is 204 Å². The Balaban J connectivity index is 1.42. The molecular formula is C66H119NO18. The van der Waals surface area contributed by atoms with Gasteiger partial charge in [-0.05, 0) is 70.6 Å². The molecule has 3 fully saturated rings. The maximum absolute atomic E-state index is 13.4. The highest BCUT2D eigenvalue weighted by atomic mass is 16.8. The van der Waals surface area contributed by atoms with Gasteiger partial charge >= 0.3 is 0 Å². The van der Waals surface area contributed by atoms with Crippen LogP contribution in [-0.2, 0) is 33.2 Å². The molecule has 19 heteroatoms. The number of ether oxygens (including phenoxy) is 6. The van der Waals surface area contributed by atoms with Crippen molar-refractivity contribution in [2.45, 2.75) is 336 Å². The Kier molecular flexibility index (Phi) is 44.0. The number of hydrogen-bond acceptors (Lipinski definition) is 18. The van der Waals surface area contributed by atoms with E-state index in [0.717, 1.165) is 44.9 Å². The van der Waals surface area contributed by atoms with E-state index in [9.17, 15) is 61.0 Å². The molecule has 0 radical (unpaired) electrons. The molecule has 19 nitrogen and oxygen atoms in total. The van der Waals surface area contributed by atoms with E-state index in [1.807, 2.05) is 6.08 Å². The summed E-state index contributed by atoms with van der Waals surface area (Å²) in [4.78, 5) is 13.4. The van der Waals surface area contributed by atoms with Crippen LogP contribution < -0.4 is 5.32 Å². The van der Waals surface area contributed by atoms with Crippen molar-refractivity contribution < 1.29 is 89.4 Å². The maximum Gasteiger partial charge on any atom is 0.220 e. The SMILES string of the molecule is CCCCC/C=C/CC/C=C/CC/C=C/C(O)C(COC1OC(CO)C(OC2OC(CO)C(OC3OC(CO)C(O)C(O)C3O)C(O)C2O)C(O)C1O)NC(=O)CCCCCCCCCCCCCCCCC/C=C\CCCCCCCCCC. The molecule has 3 aliphatic rings. The Bertz CT molecular complexity index is 1740. The van der Waals surface area contributed by atoms with Gasteiger partial charge in [-0.3, -0.25) is 4.79 Å². The molecule has 0 aliphatic carbocycles. The normalized spacial score (nSPS) is 29.3. The van der Waals surface area contributed by atoms with Crippen molar-refractivity contribution in [3.63, 3.8) is 0 Å². The van der Waals surface area contributed by atoms with Gasteiger partial charge in [0.1, 0.15) is 73.2 Å². The average molecular weight is 1210 g/mol. The monoisotopic (exact) mass is 1210 g/mol. The quantitative estimate of drug-likeness (QED) is 0.0204. The van der Waals surface area contributed by atoms with Gasteiger partial charge in [0.25, 0.3) is 0 Å². The second kappa shape index (κ2) is 48.6. The van der Waals surface area contributed by atoms with Gasteiger partial charge in [0.05, 0.1) is 38.6 Å². The van der Waals surface area contributed by atoms with Crippen LogP contribution in [0.3, 0.4) is 0 Å². The number of rotatable bonds is 50. The molecule has 0 aromatic carbocycles. The molecule has 3 saturated heterocycles. The highest BCUT2D eigenvalue weighted by Gasteiger charge is 2.53. The lowest BCUT2D eigenvalue weighted by molar-refractivity contribution is -0.379. The molecule has 17 unspecified atom stereocenters. The van der Waals surface area contributed by atoms with Gasteiger partial charge in [0.2, 0.25) is 5.91 Å². The molecule has 1 amide bonds. The Morgan fingerprint density at radius 3 is 1.20 bits per heavy atom. The number of unbranched alkanes of at least 4 members (excludes halogenated alkanes) is 28. The molecule has 0 spiro atoms. The predicted octanol–water partition coefficient (Wildman–Crippen LogP) is 7.83. The lowest BCUT2D eigenvalue weighted by Gasteiger charge is -2.48. The summed E-state index contributed by atoms with van der Waals surface area (Å²) in [5.41, 5.74) is 0. The number of amides is 1. The fourth-order valence-corrected chi connectivity index (χ4v) is 11.1. The summed E-state index contributed by atoms with van der Waals surface area (Å²) in [5.74, 6) is -0.290. The number of allylic oxidation sites excluding steroid dienone is 7. The third-order valence-corrected chi connectivity index (χ3v) is 16.6. The van der Waals surface area contributed by atoms with Crippen molar-refractivity contribution in [3.8, 4) is 0 Å². The summed E-state index contributed by atoms with van der Waals surface area (Å²) in [6, 6.07) is -0.995. The predicted molar refractivity (Wildman–Crippen MR) is 328 cm³/mol. The first-order chi connectivity index (χ1) is 41.3. The van der Waals surface area contributed by atoms with E-state index in [4.69, 9.17) is 28.4 Å². The van der Waals surface area contributed by atoms with Crippen molar-refractivity contribution in [2.75, 3.05) is 26.4 Å². The molecule has 0 saturated carbocycles. The minimum Gasteiger partial charge on any atom is -0.394 e. The zero-order chi connectivity index (χ0) is 61.9. The van der Waals surface area contributed by atoms with E-state index in [1.165, 1.54) is 154 Å². The minimum absolute atomic E-state index is 0.233. The molecule has 85 heavy (non-hydrogen) atoms. The molecule has 0 aromatic rings. The largest absolute Gasteiger partial charge is 0.394 e. The summed E-state index contributed by atoms with van der Waals surface area (Å²) in [5, 5.41) is 120. The standard InChI is InChI=1S/C66H119NO18/c1-3-5-7-9-11-13-15-17-18-19-20-21-22-23-24-25-26-27-28-29-30-32-34-36-38-40-42-44-54(72)67-49(50(71)43-41-39-37-35-33-31-16-14-12-10-8-6-4-2)48-80-64-60(78)57(75)62(52(46-69)82-64)85-66-61(79)58(76)63(53(47-70)83-66)84-65-59(77)56(74)55(73)51(45-68)81-65/h12,14,19-20,33,35,41,43,49-53,55-66,68-71,73-79H,3-11,13,15-18,21-32,34,36-40,42,44-48H2,1-2H3,(H,67,72)/b14-12+,20-19-,35-33+,43-41+. The molecule has 17 atom stereocenters. The molecule has 3 heterocycles. The lowest BCUT2D eigenvalue weighted by Crippen LogP contribution is -2.66. The van der Waals surface area contributed by atoms with Gasteiger partial charge in [0, 0.05) is 6.42 Å². The number of aliphatic hydroxyl groups excluding tert-OH is 11. The number of nitrogens with one attached hydrogen (secondary N) is 1. The molecular weight excluding hydrogens is 1090 g/mol. The molecule has 3 aliphatic heterocycles. The fraction of sp³-hybridized carbons (Fsp3) is 0.864. The van der Waals surface area contributed by atoms with Crippen LogP contribution >= 0.6 is 0 Å². The lowest BCUT2D eigenvalue weighted by atomic mass is 9.96. The molecule has 0 bridgehead atoms. The first-order valence-electron chi connectivity index (χ1n) is 33.4. The molecule has 496 valence electrons. The third-order valence-electron chi connectivity index (χ3n) is 16.6. The van der Waals surface area contributed by atoms with Crippen molar-refractivity contribution in [3.05, 3.63) is 48.6 Å². The highest BCUT2D eigenvalue weighted by Crippen LogP contribution is 2.33. The third kappa shape index (κ3) is 31.4. The summed E-state index contributed by atoms with van der Waals surface area (Å²) in [7, 11) is 0. The molecule has 12 N–H and O–H groups in total. The number of aliphatic hydroxyl groups is 11. The van der Waals surface area contributed by atoms with Crippen LogP contribution in [0.25, 0.3) is 0 Å². The van der Waals surface area contributed by atoms with Crippen molar-refractivity contribution >= 4 is 5.91 Å². The van der Waals surface area contributed by atoms with Gasteiger partial charge < -0.3 is 89.9 Å². The summed E-state index contributed by atoms with van der Waals surface area (Å²) in [6.45, 7) is 1.67. The maximum atomic E-state index is 13.4. The van der Waals surface area contributed by atoms with Crippen molar-refractivity contribution in [2.24, 2.45) is 0 Å². The van der Waals surface area contributed by atoms with Gasteiger partial charge in [-0.15, -0.1) is 0 Å². The Labute approximate surface area is 510 Å².